The van der Waals surface area contributed by atoms with Crippen molar-refractivity contribution in [3.63, 3.8) is 0 Å². The first-order chi connectivity index (χ1) is 16.3. The molecule has 0 aliphatic heterocycles. The lowest BCUT2D eigenvalue weighted by atomic mass is 10.1. The fourth-order valence-electron chi connectivity index (χ4n) is 3.42. The summed E-state index contributed by atoms with van der Waals surface area (Å²) in [6.45, 7) is 5.26. The Kier molecular flexibility index (Phi) is 10.4. The number of para-hydroxylation sites is 1. The molecule has 0 fully saturated rings. The van der Waals surface area contributed by atoms with Crippen LogP contribution in [0, 0.1) is 11.7 Å². The van der Waals surface area contributed by atoms with Crippen molar-refractivity contribution in [1.29, 1.82) is 0 Å². The average molecular weight is 546 g/mol. The van der Waals surface area contributed by atoms with Gasteiger partial charge in [0.2, 0.25) is 21.8 Å². The molecule has 0 spiro atoms. The molecule has 0 aliphatic carbocycles. The van der Waals surface area contributed by atoms with Gasteiger partial charge in [0.1, 0.15) is 18.4 Å². The Labute approximate surface area is 216 Å². The molecule has 0 heterocycles. The molecular weight excluding hydrogens is 516 g/mol. The summed E-state index contributed by atoms with van der Waals surface area (Å²) in [7, 11) is -4.03. The highest BCUT2D eigenvalue weighted by atomic mass is 35.5. The number of nitrogens with one attached hydrogen (secondary N) is 1. The maximum Gasteiger partial charge on any atom is 0.244 e. The van der Waals surface area contributed by atoms with E-state index in [1.165, 1.54) is 29.2 Å². The Morgan fingerprint density at radius 3 is 2.31 bits per heavy atom. The van der Waals surface area contributed by atoms with E-state index in [1.54, 1.807) is 19.1 Å². The smallest absolute Gasteiger partial charge is 0.244 e. The van der Waals surface area contributed by atoms with Crippen molar-refractivity contribution in [2.45, 2.75) is 39.8 Å². The summed E-state index contributed by atoms with van der Waals surface area (Å²) < 4.78 is 40.2. The molecule has 0 saturated carbocycles. The van der Waals surface area contributed by atoms with Crippen molar-refractivity contribution in [1.82, 2.24) is 10.2 Å². The minimum atomic E-state index is -4.03. The first kappa shape index (κ1) is 28.9. The van der Waals surface area contributed by atoms with Crippen LogP contribution in [0.1, 0.15) is 32.8 Å². The summed E-state index contributed by atoms with van der Waals surface area (Å²) in [6.07, 6.45) is 1.15. The van der Waals surface area contributed by atoms with Crippen molar-refractivity contribution in [3.8, 4) is 0 Å². The molecule has 0 bridgehead atoms. The molecule has 2 amide bonds. The van der Waals surface area contributed by atoms with Gasteiger partial charge in [-0.2, -0.15) is 0 Å². The first-order valence-electron chi connectivity index (χ1n) is 11.1. The number of anilines is 1. The predicted octanol–water partition coefficient (Wildman–Crippen LogP) is 4.48. The molecule has 35 heavy (non-hydrogen) atoms. The highest BCUT2D eigenvalue weighted by Crippen LogP contribution is 2.25. The number of amides is 2. The van der Waals surface area contributed by atoms with Gasteiger partial charge in [-0.05, 0) is 42.2 Å². The van der Waals surface area contributed by atoms with Crippen LogP contribution in [-0.2, 0) is 26.2 Å². The predicted molar refractivity (Wildman–Crippen MR) is 138 cm³/mol. The van der Waals surface area contributed by atoms with Crippen molar-refractivity contribution in [2.75, 3.05) is 23.7 Å². The van der Waals surface area contributed by atoms with Gasteiger partial charge in [-0.3, -0.25) is 13.9 Å². The fourth-order valence-corrected chi connectivity index (χ4v) is 4.74. The first-order valence-corrected chi connectivity index (χ1v) is 13.7. The molecule has 2 rings (SSSR count). The number of halogens is 3. The maximum atomic E-state index is 14.5. The van der Waals surface area contributed by atoms with Gasteiger partial charge in [-0.1, -0.05) is 62.2 Å². The zero-order valence-corrected chi connectivity index (χ0v) is 22.4. The Bertz CT molecular complexity index is 1160. The Morgan fingerprint density at radius 1 is 1.11 bits per heavy atom. The number of carbonyl (C=O) groups is 2. The van der Waals surface area contributed by atoms with E-state index in [4.69, 9.17) is 23.2 Å². The summed E-state index contributed by atoms with van der Waals surface area (Å²) >= 11 is 12.3. The second-order valence-electron chi connectivity index (χ2n) is 8.54. The van der Waals surface area contributed by atoms with Crippen LogP contribution < -0.4 is 9.62 Å². The van der Waals surface area contributed by atoms with E-state index in [-0.39, 0.29) is 30.5 Å². The summed E-state index contributed by atoms with van der Waals surface area (Å²) in [5.74, 6) is -1.67. The van der Waals surface area contributed by atoms with Gasteiger partial charge in [0.05, 0.1) is 11.9 Å². The molecule has 1 atom stereocenters. The van der Waals surface area contributed by atoms with E-state index in [1.807, 2.05) is 13.8 Å². The van der Waals surface area contributed by atoms with Crippen LogP contribution in [0.25, 0.3) is 0 Å². The lowest BCUT2D eigenvalue weighted by Crippen LogP contribution is -2.52. The van der Waals surface area contributed by atoms with Crippen molar-refractivity contribution in [3.05, 3.63) is 63.9 Å². The third kappa shape index (κ3) is 8.08. The minimum Gasteiger partial charge on any atom is -0.354 e. The van der Waals surface area contributed by atoms with Gasteiger partial charge in [0.25, 0.3) is 0 Å². The average Bonchev–Trinajstić information content (AvgIpc) is 2.77. The summed E-state index contributed by atoms with van der Waals surface area (Å²) in [4.78, 5) is 27.8. The van der Waals surface area contributed by atoms with Gasteiger partial charge in [0.15, 0.2) is 0 Å². The van der Waals surface area contributed by atoms with Gasteiger partial charge in [-0.25, -0.2) is 12.8 Å². The third-order valence-electron chi connectivity index (χ3n) is 5.23. The molecule has 192 valence electrons. The van der Waals surface area contributed by atoms with Crippen LogP contribution in [0.4, 0.5) is 10.1 Å². The summed E-state index contributed by atoms with van der Waals surface area (Å²) in [5.41, 5.74) is 0.265. The SMILES string of the molecule is CC[C@H](C(=O)NCC(C)C)N(Cc1ccc(Cl)cc1Cl)C(=O)CN(c1ccccc1F)S(C)(=O)=O. The monoisotopic (exact) mass is 545 g/mol. The highest BCUT2D eigenvalue weighted by Gasteiger charge is 2.32. The molecule has 2 aromatic carbocycles. The lowest BCUT2D eigenvalue weighted by Gasteiger charge is -2.33. The van der Waals surface area contributed by atoms with E-state index in [0.29, 0.717) is 26.5 Å². The normalized spacial score (nSPS) is 12.3. The van der Waals surface area contributed by atoms with Crippen LogP contribution in [0.5, 0.6) is 0 Å². The van der Waals surface area contributed by atoms with Crippen LogP contribution in [0.3, 0.4) is 0 Å². The van der Waals surface area contributed by atoms with Gasteiger partial charge in [0, 0.05) is 23.1 Å². The Hall–Kier alpha value is -2.36. The highest BCUT2D eigenvalue weighted by molar-refractivity contribution is 7.92. The number of hydrogen-bond acceptors (Lipinski definition) is 4. The fraction of sp³-hybridized carbons (Fsp3) is 0.417. The lowest BCUT2D eigenvalue weighted by molar-refractivity contribution is -0.140. The third-order valence-corrected chi connectivity index (χ3v) is 6.94. The number of sulfonamides is 1. The number of rotatable bonds is 11. The van der Waals surface area contributed by atoms with Crippen LogP contribution in [0.2, 0.25) is 10.0 Å². The number of nitrogens with zero attached hydrogens (tertiary/aromatic N) is 2. The second kappa shape index (κ2) is 12.6. The summed E-state index contributed by atoms with van der Waals surface area (Å²) in [5, 5.41) is 3.52. The Balaban J connectivity index is 2.47. The zero-order valence-electron chi connectivity index (χ0n) is 20.1. The van der Waals surface area contributed by atoms with Crippen molar-refractivity contribution >= 4 is 50.7 Å². The van der Waals surface area contributed by atoms with Gasteiger partial charge in [-0.15, -0.1) is 0 Å². The minimum absolute atomic E-state index is 0.0721. The second-order valence-corrected chi connectivity index (χ2v) is 11.3. The Morgan fingerprint density at radius 2 is 1.77 bits per heavy atom. The van der Waals surface area contributed by atoms with E-state index >= 15 is 0 Å². The van der Waals surface area contributed by atoms with Crippen LogP contribution in [0.15, 0.2) is 42.5 Å². The standard InChI is InChI=1S/C24H30Cl2FN3O4S/c1-5-21(24(32)28-13-16(2)3)29(14-17-10-11-18(25)12-19(17)26)23(31)15-30(35(4,33)34)22-9-7-6-8-20(22)27/h6-12,16,21H,5,13-15H2,1-4H3,(H,28,32)/t21-/m1/s1. The molecule has 0 aromatic heterocycles. The largest absolute Gasteiger partial charge is 0.354 e. The van der Waals surface area contributed by atoms with E-state index < -0.39 is 34.3 Å². The van der Waals surface area contributed by atoms with Crippen LogP contribution >= 0.6 is 23.2 Å². The van der Waals surface area contributed by atoms with E-state index in [9.17, 15) is 22.4 Å². The maximum absolute atomic E-state index is 14.5. The quantitative estimate of drug-likeness (QED) is 0.451. The zero-order chi connectivity index (χ0) is 26.3. The van der Waals surface area contributed by atoms with Crippen molar-refractivity contribution in [2.24, 2.45) is 5.92 Å². The number of carbonyl (C=O) groups excluding carboxylic acids is 2. The molecule has 1 N–H and O–H groups in total. The molecule has 2 aromatic rings. The van der Waals surface area contributed by atoms with Crippen LogP contribution in [-0.4, -0.2) is 50.5 Å². The summed E-state index contributed by atoms with van der Waals surface area (Å²) in [6, 6.07) is 9.12. The van der Waals surface area contributed by atoms with Gasteiger partial charge < -0.3 is 10.2 Å². The topological polar surface area (TPSA) is 86.8 Å². The van der Waals surface area contributed by atoms with Gasteiger partial charge >= 0.3 is 0 Å². The molecule has 7 nitrogen and oxygen atoms in total. The molecule has 0 unspecified atom stereocenters. The number of benzene rings is 2. The number of hydrogen-bond donors (Lipinski definition) is 1. The molecule has 0 aliphatic rings. The molecule has 0 radical (unpaired) electrons. The molecule has 0 saturated heterocycles. The van der Waals surface area contributed by atoms with Crippen molar-refractivity contribution < 1.29 is 22.4 Å². The van der Waals surface area contributed by atoms with E-state index in [0.717, 1.165) is 12.3 Å². The molecular formula is C24H30Cl2FN3O4S. The molecule has 11 heteroatoms. The van der Waals surface area contributed by atoms with E-state index in [2.05, 4.69) is 5.32 Å².